The molecule has 0 aliphatic rings. The molecular formula is C34H33F3N4O4S. The van der Waals surface area contributed by atoms with Crippen molar-refractivity contribution < 1.29 is 32.7 Å². The van der Waals surface area contributed by atoms with E-state index in [2.05, 4.69) is 20.6 Å². The largest absolute Gasteiger partial charge is 0.480 e. The highest BCUT2D eigenvalue weighted by Gasteiger charge is 2.32. The van der Waals surface area contributed by atoms with Crippen molar-refractivity contribution in [2.24, 2.45) is 0 Å². The Balaban J connectivity index is 1.48. The second-order valence-electron chi connectivity index (χ2n) is 11.7. The minimum Gasteiger partial charge on any atom is -0.480 e. The van der Waals surface area contributed by atoms with Gasteiger partial charge in [-0.05, 0) is 41.7 Å². The van der Waals surface area contributed by atoms with Crippen molar-refractivity contribution in [1.29, 1.82) is 0 Å². The lowest BCUT2D eigenvalue weighted by molar-refractivity contribution is -0.141. The van der Waals surface area contributed by atoms with Crippen LogP contribution in [0.4, 0.5) is 13.2 Å². The van der Waals surface area contributed by atoms with Gasteiger partial charge in [0, 0.05) is 34.8 Å². The molecule has 2 atom stereocenters. The Morgan fingerprint density at radius 3 is 2.15 bits per heavy atom. The average Bonchev–Trinajstić information content (AvgIpc) is 3.52. The molecule has 2 heterocycles. The van der Waals surface area contributed by atoms with Crippen molar-refractivity contribution >= 4 is 41.3 Å². The molecule has 0 saturated heterocycles. The van der Waals surface area contributed by atoms with Gasteiger partial charge in [-0.2, -0.15) is 13.2 Å². The zero-order valence-corrected chi connectivity index (χ0v) is 26.4. The van der Waals surface area contributed by atoms with Crippen LogP contribution in [0, 0.1) is 0 Å². The maximum Gasteiger partial charge on any atom is 0.416 e. The topological polar surface area (TPSA) is 121 Å². The van der Waals surface area contributed by atoms with Crippen LogP contribution in [0.25, 0.3) is 23.5 Å². The fourth-order valence-electron chi connectivity index (χ4n) is 4.36. The van der Waals surface area contributed by atoms with Crippen molar-refractivity contribution in [3.8, 4) is 11.4 Å². The maximum absolute atomic E-state index is 13.3. The first-order chi connectivity index (χ1) is 21.6. The standard InChI is InChI=1S/C34H33F3N4O4S/c1-20(32(44)45)40-30(42)26(41-31(43)27-15-16-28(46-27)33(2,3)4)17-21-9-13-24(14-10-21)29-38-18-22(19-39-29)11-12-23-7-5-6-8-25(23)34(35,36)37/h5-16,18-20,26H,17H2,1-4H3,(H,40,42)(H,41,43)(H,44,45)/b12-11+/t20-,26+/m1/s1. The minimum atomic E-state index is -4.47. The van der Waals surface area contributed by atoms with Crippen LogP contribution in [0.2, 0.25) is 0 Å². The molecule has 0 radical (unpaired) electrons. The van der Waals surface area contributed by atoms with E-state index >= 15 is 0 Å². The average molecular weight is 651 g/mol. The third kappa shape index (κ3) is 8.87. The summed E-state index contributed by atoms with van der Waals surface area (Å²) < 4.78 is 39.8. The number of rotatable bonds is 10. The highest BCUT2D eigenvalue weighted by atomic mass is 32.1. The number of alkyl halides is 3. The number of carboxylic acids is 1. The lowest BCUT2D eigenvalue weighted by Crippen LogP contribution is -2.51. The lowest BCUT2D eigenvalue weighted by Gasteiger charge is -2.20. The molecule has 46 heavy (non-hydrogen) atoms. The number of benzene rings is 2. The molecule has 4 aromatic rings. The molecule has 2 amide bonds. The molecule has 0 bridgehead atoms. The second kappa shape index (κ2) is 14.1. The Morgan fingerprint density at radius 2 is 1.57 bits per heavy atom. The zero-order chi connectivity index (χ0) is 33.6. The third-order valence-corrected chi connectivity index (χ3v) is 8.48. The number of halogens is 3. The van der Waals surface area contributed by atoms with Crippen LogP contribution in [0.5, 0.6) is 0 Å². The molecule has 2 aromatic heterocycles. The number of hydrogen-bond acceptors (Lipinski definition) is 6. The van der Waals surface area contributed by atoms with Crippen LogP contribution in [0.1, 0.15) is 64.5 Å². The Hall–Kier alpha value is -4.84. The van der Waals surface area contributed by atoms with Crippen LogP contribution in [-0.2, 0) is 27.6 Å². The predicted molar refractivity (Wildman–Crippen MR) is 171 cm³/mol. The number of nitrogens with zero attached hydrogens (tertiary/aromatic N) is 2. The summed E-state index contributed by atoms with van der Waals surface area (Å²) in [6.45, 7) is 7.44. The van der Waals surface area contributed by atoms with Gasteiger partial charge in [0.05, 0.1) is 10.4 Å². The van der Waals surface area contributed by atoms with E-state index in [9.17, 15) is 32.7 Å². The maximum atomic E-state index is 13.3. The van der Waals surface area contributed by atoms with E-state index in [-0.39, 0.29) is 17.4 Å². The van der Waals surface area contributed by atoms with Crippen LogP contribution < -0.4 is 10.6 Å². The molecule has 0 saturated carbocycles. The normalized spacial score (nSPS) is 13.3. The number of nitrogens with one attached hydrogen (secondary N) is 2. The van der Waals surface area contributed by atoms with Gasteiger partial charge in [0.15, 0.2) is 5.82 Å². The molecule has 4 rings (SSSR count). The second-order valence-corrected chi connectivity index (χ2v) is 12.8. The summed E-state index contributed by atoms with van der Waals surface area (Å²) in [5, 5.41) is 14.4. The van der Waals surface area contributed by atoms with Crippen LogP contribution in [0.3, 0.4) is 0 Å². The van der Waals surface area contributed by atoms with Crippen LogP contribution in [0.15, 0.2) is 73.1 Å². The molecule has 0 aliphatic heterocycles. The van der Waals surface area contributed by atoms with Crippen molar-refractivity contribution in [2.75, 3.05) is 0 Å². The minimum absolute atomic E-state index is 0.0281. The molecule has 2 aromatic carbocycles. The Morgan fingerprint density at radius 1 is 0.913 bits per heavy atom. The van der Waals surface area contributed by atoms with Crippen molar-refractivity contribution in [3.63, 3.8) is 0 Å². The van der Waals surface area contributed by atoms with Gasteiger partial charge in [0.25, 0.3) is 5.91 Å². The quantitative estimate of drug-likeness (QED) is 0.177. The molecule has 8 nitrogen and oxygen atoms in total. The van der Waals surface area contributed by atoms with E-state index in [4.69, 9.17) is 0 Å². The fourth-order valence-corrected chi connectivity index (χ4v) is 5.33. The van der Waals surface area contributed by atoms with E-state index in [1.54, 1.807) is 30.3 Å². The number of carbonyl (C=O) groups is 3. The predicted octanol–water partition coefficient (Wildman–Crippen LogP) is 6.62. The van der Waals surface area contributed by atoms with Crippen molar-refractivity contribution in [2.45, 2.75) is 57.8 Å². The summed E-state index contributed by atoms with van der Waals surface area (Å²) in [5.74, 6) is -1.90. The van der Waals surface area contributed by atoms with E-state index in [0.29, 0.717) is 27.4 Å². The zero-order valence-electron chi connectivity index (χ0n) is 25.6. The first-order valence-corrected chi connectivity index (χ1v) is 15.1. The highest BCUT2D eigenvalue weighted by Crippen LogP contribution is 2.33. The molecule has 0 unspecified atom stereocenters. The summed E-state index contributed by atoms with van der Waals surface area (Å²) >= 11 is 1.33. The van der Waals surface area contributed by atoms with Gasteiger partial charge < -0.3 is 15.7 Å². The highest BCUT2D eigenvalue weighted by molar-refractivity contribution is 7.14. The number of thiophene rings is 1. The van der Waals surface area contributed by atoms with Gasteiger partial charge in [-0.3, -0.25) is 14.4 Å². The Bertz CT molecular complexity index is 1730. The molecule has 0 aliphatic carbocycles. The Kier molecular flexibility index (Phi) is 10.4. The summed E-state index contributed by atoms with van der Waals surface area (Å²) in [6, 6.07) is 13.6. The van der Waals surface area contributed by atoms with E-state index < -0.39 is 41.6 Å². The van der Waals surface area contributed by atoms with Gasteiger partial charge in [0.1, 0.15) is 12.1 Å². The molecule has 240 valence electrons. The lowest BCUT2D eigenvalue weighted by atomic mass is 9.95. The number of carbonyl (C=O) groups excluding carboxylic acids is 2. The number of aromatic nitrogens is 2. The number of hydrogen-bond donors (Lipinski definition) is 3. The van der Waals surface area contributed by atoms with Gasteiger partial charge >= 0.3 is 12.1 Å². The fraction of sp³-hybridized carbons (Fsp3) is 0.265. The molecule has 3 N–H and O–H groups in total. The van der Waals surface area contributed by atoms with E-state index in [0.717, 1.165) is 10.9 Å². The molecule has 12 heteroatoms. The Labute approximate surface area is 268 Å². The number of carboxylic acid groups (broad SMARTS) is 1. The monoisotopic (exact) mass is 650 g/mol. The van der Waals surface area contributed by atoms with Gasteiger partial charge in [-0.25, -0.2) is 9.97 Å². The summed E-state index contributed by atoms with van der Waals surface area (Å²) in [4.78, 5) is 47.6. The van der Waals surface area contributed by atoms with Crippen molar-refractivity contribution in [3.05, 3.63) is 105 Å². The van der Waals surface area contributed by atoms with Crippen LogP contribution in [-0.4, -0.2) is 44.9 Å². The summed E-state index contributed by atoms with van der Waals surface area (Å²) in [6.07, 6.45) is 1.48. The molecule has 0 fully saturated rings. The van der Waals surface area contributed by atoms with E-state index in [1.807, 2.05) is 26.8 Å². The number of aliphatic carboxylic acids is 1. The van der Waals surface area contributed by atoms with Gasteiger partial charge in [-0.15, -0.1) is 11.3 Å². The first kappa shape index (κ1) is 34.0. The SMILES string of the molecule is C[C@@H](NC(=O)[C@H](Cc1ccc(-c2ncc(/C=C/c3ccccc3C(F)(F)F)cn2)cc1)NC(=O)c1ccc(C(C)(C)C)s1)C(=O)O. The van der Waals surface area contributed by atoms with Gasteiger partial charge in [-0.1, -0.05) is 75.4 Å². The van der Waals surface area contributed by atoms with Crippen molar-refractivity contribution in [1.82, 2.24) is 20.6 Å². The first-order valence-electron chi connectivity index (χ1n) is 14.3. The smallest absolute Gasteiger partial charge is 0.416 e. The number of amides is 2. The molecular weight excluding hydrogens is 617 g/mol. The summed E-state index contributed by atoms with van der Waals surface area (Å²) in [5.41, 5.74) is 0.998. The third-order valence-electron chi connectivity index (χ3n) is 6.97. The van der Waals surface area contributed by atoms with E-state index in [1.165, 1.54) is 61.0 Å². The molecule has 0 spiro atoms. The van der Waals surface area contributed by atoms with Crippen LogP contribution >= 0.6 is 11.3 Å². The van der Waals surface area contributed by atoms with Gasteiger partial charge in [0.2, 0.25) is 5.91 Å². The summed E-state index contributed by atoms with van der Waals surface area (Å²) in [7, 11) is 0.